The average molecular weight is 511 g/mol. The first-order chi connectivity index (χ1) is 15.9. The van der Waals surface area contributed by atoms with Crippen molar-refractivity contribution in [3.63, 3.8) is 0 Å². The Morgan fingerprint density at radius 2 is 1.82 bits per heavy atom. The van der Waals surface area contributed by atoms with Gasteiger partial charge in [0.05, 0.1) is 5.75 Å². The molecule has 1 N–H and O–H groups in total. The smallest absolute Gasteiger partial charge is 0.243 e. The van der Waals surface area contributed by atoms with Gasteiger partial charge in [-0.05, 0) is 43.0 Å². The highest BCUT2D eigenvalue weighted by atomic mass is 35.5. The van der Waals surface area contributed by atoms with Gasteiger partial charge in [0, 0.05) is 33.9 Å². The van der Waals surface area contributed by atoms with Crippen molar-refractivity contribution in [1.82, 2.24) is 10.2 Å². The van der Waals surface area contributed by atoms with Gasteiger partial charge in [0.1, 0.15) is 11.9 Å². The van der Waals surface area contributed by atoms with Crippen LogP contribution in [-0.2, 0) is 21.9 Å². The molecule has 1 aliphatic rings. The SMILES string of the molecule is CC[C@@H](C(=O)NC1CCCC1)N(Cc1ccccc1Cl)C(=O)CSCc1c(F)cccc1Cl. The molecule has 2 aromatic carbocycles. The predicted octanol–water partition coefficient (Wildman–Crippen LogP) is 6.23. The molecule has 0 saturated heterocycles. The largest absolute Gasteiger partial charge is 0.352 e. The van der Waals surface area contributed by atoms with Crippen LogP contribution in [0.4, 0.5) is 4.39 Å². The van der Waals surface area contributed by atoms with Crippen LogP contribution in [0.15, 0.2) is 42.5 Å². The molecule has 0 heterocycles. The summed E-state index contributed by atoms with van der Waals surface area (Å²) < 4.78 is 14.1. The number of hydrogen-bond acceptors (Lipinski definition) is 3. The van der Waals surface area contributed by atoms with E-state index in [1.807, 2.05) is 25.1 Å². The van der Waals surface area contributed by atoms with Crippen LogP contribution in [0.2, 0.25) is 10.0 Å². The lowest BCUT2D eigenvalue weighted by Gasteiger charge is -2.31. The molecule has 1 saturated carbocycles. The van der Waals surface area contributed by atoms with E-state index in [-0.39, 0.29) is 35.9 Å². The minimum Gasteiger partial charge on any atom is -0.352 e. The summed E-state index contributed by atoms with van der Waals surface area (Å²) in [6.45, 7) is 2.13. The maximum Gasteiger partial charge on any atom is 0.243 e. The fourth-order valence-corrected chi connectivity index (χ4v) is 5.54. The molecule has 0 unspecified atom stereocenters. The summed E-state index contributed by atoms with van der Waals surface area (Å²) in [7, 11) is 0. The molecule has 0 aromatic heterocycles. The molecule has 1 aliphatic carbocycles. The van der Waals surface area contributed by atoms with Crippen molar-refractivity contribution in [2.24, 2.45) is 0 Å². The summed E-state index contributed by atoms with van der Waals surface area (Å²) in [4.78, 5) is 28.0. The number of amides is 2. The van der Waals surface area contributed by atoms with Gasteiger partial charge in [-0.1, -0.05) is 67.2 Å². The fourth-order valence-electron chi connectivity index (χ4n) is 4.09. The molecule has 178 valence electrons. The van der Waals surface area contributed by atoms with Crippen molar-refractivity contribution in [3.05, 3.63) is 69.5 Å². The zero-order chi connectivity index (χ0) is 23.8. The molecule has 2 amide bonds. The monoisotopic (exact) mass is 510 g/mol. The summed E-state index contributed by atoms with van der Waals surface area (Å²) in [5.74, 6) is -0.351. The van der Waals surface area contributed by atoms with E-state index in [0.29, 0.717) is 22.0 Å². The maximum absolute atomic E-state index is 14.1. The van der Waals surface area contributed by atoms with Gasteiger partial charge in [-0.25, -0.2) is 4.39 Å². The lowest BCUT2D eigenvalue weighted by Crippen LogP contribution is -2.51. The van der Waals surface area contributed by atoms with E-state index in [1.165, 1.54) is 17.8 Å². The van der Waals surface area contributed by atoms with Crippen molar-refractivity contribution in [1.29, 1.82) is 0 Å². The standard InChI is InChI=1S/C25H29Cl2FN2O2S/c1-2-23(25(32)29-18-9-4-5-10-18)30(14-17-8-3-6-11-20(17)26)24(31)16-33-15-19-21(27)12-7-13-22(19)28/h3,6-8,11-13,18,23H,2,4-5,9-10,14-16H2,1H3,(H,29,32)/t23-/m0/s1. The third-order valence-corrected chi connectivity index (χ3v) is 7.59. The molecular formula is C25H29Cl2FN2O2S. The Hall–Kier alpha value is -1.76. The van der Waals surface area contributed by atoms with Crippen LogP contribution in [0.25, 0.3) is 0 Å². The Morgan fingerprint density at radius 3 is 2.48 bits per heavy atom. The number of carbonyl (C=O) groups is 2. The van der Waals surface area contributed by atoms with Crippen LogP contribution in [-0.4, -0.2) is 34.6 Å². The van der Waals surface area contributed by atoms with E-state index in [0.717, 1.165) is 31.2 Å². The third kappa shape index (κ3) is 7.11. The van der Waals surface area contributed by atoms with Gasteiger partial charge >= 0.3 is 0 Å². The fraction of sp³-hybridized carbons (Fsp3) is 0.440. The predicted molar refractivity (Wildman–Crippen MR) is 134 cm³/mol. The zero-order valence-electron chi connectivity index (χ0n) is 18.7. The van der Waals surface area contributed by atoms with E-state index in [4.69, 9.17) is 23.2 Å². The normalized spacial score (nSPS) is 14.8. The van der Waals surface area contributed by atoms with Crippen LogP contribution in [0.5, 0.6) is 0 Å². The molecule has 1 atom stereocenters. The Labute approximate surface area is 209 Å². The molecular weight excluding hydrogens is 482 g/mol. The number of rotatable bonds is 10. The van der Waals surface area contributed by atoms with Crippen molar-refractivity contribution >= 4 is 46.8 Å². The molecule has 0 spiro atoms. The highest BCUT2D eigenvalue weighted by Gasteiger charge is 2.31. The summed E-state index contributed by atoms with van der Waals surface area (Å²) in [6.07, 6.45) is 4.65. The molecule has 0 radical (unpaired) electrons. The average Bonchev–Trinajstić information content (AvgIpc) is 3.29. The number of thioether (sulfide) groups is 1. The van der Waals surface area contributed by atoms with Gasteiger partial charge in [-0.3, -0.25) is 9.59 Å². The van der Waals surface area contributed by atoms with E-state index in [9.17, 15) is 14.0 Å². The minimum absolute atomic E-state index is 0.0995. The lowest BCUT2D eigenvalue weighted by atomic mass is 10.1. The Balaban J connectivity index is 1.73. The Morgan fingerprint density at radius 1 is 1.12 bits per heavy atom. The molecule has 33 heavy (non-hydrogen) atoms. The van der Waals surface area contributed by atoms with Crippen LogP contribution in [0.1, 0.15) is 50.2 Å². The number of halogens is 3. The maximum atomic E-state index is 14.1. The summed E-state index contributed by atoms with van der Waals surface area (Å²) >= 11 is 13.7. The summed E-state index contributed by atoms with van der Waals surface area (Å²) in [5, 5.41) is 4.01. The molecule has 3 rings (SSSR count). The van der Waals surface area contributed by atoms with Gasteiger partial charge in [0.2, 0.25) is 11.8 Å². The second-order valence-corrected chi connectivity index (χ2v) is 10.0. The van der Waals surface area contributed by atoms with E-state index in [2.05, 4.69) is 5.32 Å². The molecule has 0 aliphatic heterocycles. The number of hydrogen-bond donors (Lipinski definition) is 1. The summed E-state index contributed by atoms with van der Waals surface area (Å²) in [6, 6.07) is 11.4. The summed E-state index contributed by atoms with van der Waals surface area (Å²) in [5.41, 5.74) is 1.16. The first kappa shape index (κ1) is 25.9. The molecule has 8 heteroatoms. The molecule has 0 bridgehead atoms. The van der Waals surface area contributed by atoms with Gasteiger partial charge in [0.15, 0.2) is 0 Å². The first-order valence-electron chi connectivity index (χ1n) is 11.2. The minimum atomic E-state index is -0.605. The number of carbonyl (C=O) groups excluding carboxylic acids is 2. The zero-order valence-corrected chi connectivity index (χ0v) is 21.0. The van der Waals surface area contributed by atoms with E-state index < -0.39 is 11.9 Å². The number of benzene rings is 2. The second-order valence-electron chi connectivity index (χ2n) is 8.22. The van der Waals surface area contributed by atoms with Crippen LogP contribution < -0.4 is 5.32 Å². The van der Waals surface area contributed by atoms with E-state index >= 15 is 0 Å². The molecule has 4 nitrogen and oxygen atoms in total. The highest BCUT2D eigenvalue weighted by Crippen LogP contribution is 2.26. The van der Waals surface area contributed by atoms with E-state index in [1.54, 1.807) is 23.1 Å². The topological polar surface area (TPSA) is 49.4 Å². The van der Waals surface area contributed by atoms with Gasteiger partial charge in [-0.2, -0.15) is 0 Å². The lowest BCUT2D eigenvalue weighted by molar-refractivity contribution is -0.139. The highest BCUT2D eigenvalue weighted by molar-refractivity contribution is 7.99. The Kier molecular flexibility index (Phi) is 9.90. The molecule has 1 fully saturated rings. The van der Waals surface area contributed by atoms with Crippen molar-refractivity contribution in [3.8, 4) is 0 Å². The van der Waals surface area contributed by atoms with Gasteiger partial charge in [0.25, 0.3) is 0 Å². The quantitative estimate of drug-likeness (QED) is 0.411. The Bertz CT molecular complexity index is 949. The first-order valence-corrected chi connectivity index (χ1v) is 13.2. The van der Waals surface area contributed by atoms with Crippen molar-refractivity contribution in [2.45, 2.75) is 63.4 Å². The number of nitrogens with zero attached hydrogens (tertiary/aromatic N) is 1. The second kappa shape index (κ2) is 12.6. The third-order valence-electron chi connectivity index (χ3n) is 5.92. The van der Waals surface area contributed by atoms with Crippen LogP contribution in [0.3, 0.4) is 0 Å². The van der Waals surface area contributed by atoms with Crippen LogP contribution >= 0.6 is 35.0 Å². The molecule has 2 aromatic rings. The van der Waals surface area contributed by atoms with Gasteiger partial charge in [-0.15, -0.1) is 11.8 Å². The van der Waals surface area contributed by atoms with Gasteiger partial charge < -0.3 is 10.2 Å². The van der Waals surface area contributed by atoms with Crippen LogP contribution in [0, 0.1) is 5.82 Å². The van der Waals surface area contributed by atoms with Crippen molar-refractivity contribution in [2.75, 3.05) is 5.75 Å². The number of nitrogens with one attached hydrogen (secondary N) is 1. The van der Waals surface area contributed by atoms with Crippen molar-refractivity contribution < 1.29 is 14.0 Å².